The highest BCUT2D eigenvalue weighted by Gasteiger charge is 2.16. The summed E-state index contributed by atoms with van der Waals surface area (Å²) in [4.78, 5) is 8.08. The second-order valence-corrected chi connectivity index (χ2v) is 6.39. The summed E-state index contributed by atoms with van der Waals surface area (Å²) in [7, 11) is 3.75. The number of aromatic nitrogens is 1. The van der Waals surface area contributed by atoms with E-state index in [1.54, 1.807) is 18.4 Å². The minimum absolute atomic E-state index is 0.396. The number of rotatable bonds is 6. The molecule has 0 spiro atoms. The number of methoxy groups -OCH3 is 1. The topological polar surface area (TPSA) is 51.4 Å². The SMILES string of the molecule is COc1ccccc1CN(C)c1nc(C(C)C)c(CN)s1. The van der Waals surface area contributed by atoms with Crippen molar-refractivity contribution in [2.24, 2.45) is 5.73 Å². The van der Waals surface area contributed by atoms with E-state index in [0.29, 0.717) is 12.5 Å². The molecule has 0 fully saturated rings. The molecule has 1 aromatic carbocycles. The van der Waals surface area contributed by atoms with Gasteiger partial charge >= 0.3 is 0 Å². The Morgan fingerprint density at radius 1 is 1.33 bits per heavy atom. The van der Waals surface area contributed by atoms with Crippen molar-refractivity contribution in [3.05, 3.63) is 40.4 Å². The van der Waals surface area contributed by atoms with Gasteiger partial charge in [0, 0.05) is 30.6 Å². The molecule has 0 aliphatic rings. The Labute approximate surface area is 130 Å². The summed E-state index contributed by atoms with van der Waals surface area (Å²) in [6.07, 6.45) is 0. The lowest BCUT2D eigenvalue weighted by Gasteiger charge is -2.17. The third-order valence-electron chi connectivity index (χ3n) is 3.38. The molecule has 0 saturated heterocycles. The number of benzene rings is 1. The number of ether oxygens (including phenoxy) is 1. The predicted octanol–water partition coefficient (Wildman–Crippen LogP) is 3.37. The minimum Gasteiger partial charge on any atom is -0.496 e. The molecule has 0 amide bonds. The maximum absolute atomic E-state index is 5.83. The van der Waals surface area contributed by atoms with Crippen LogP contribution in [0.25, 0.3) is 0 Å². The molecule has 0 bridgehead atoms. The summed E-state index contributed by atoms with van der Waals surface area (Å²) in [6.45, 7) is 5.61. The average molecular weight is 305 g/mol. The number of nitrogens with zero attached hydrogens (tertiary/aromatic N) is 2. The van der Waals surface area contributed by atoms with E-state index < -0.39 is 0 Å². The lowest BCUT2D eigenvalue weighted by atomic mass is 10.1. The van der Waals surface area contributed by atoms with E-state index in [1.165, 1.54) is 4.88 Å². The molecule has 0 unspecified atom stereocenters. The molecular weight excluding hydrogens is 282 g/mol. The Bertz CT molecular complexity index is 595. The molecule has 5 heteroatoms. The van der Waals surface area contributed by atoms with Crippen molar-refractivity contribution < 1.29 is 4.74 Å². The van der Waals surface area contributed by atoms with Crippen molar-refractivity contribution in [1.29, 1.82) is 0 Å². The zero-order valence-electron chi connectivity index (χ0n) is 13.1. The van der Waals surface area contributed by atoms with Crippen LogP contribution in [0, 0.1) is 0 Å². The van der Waals surface area contributed by atoms with Crippen molar-refractivity contribution in [2.75, 3.05) is 19.1 Å². The highest BCUT2D eigenvalue weighted by atomic mass is 32.1. The highest BCUT2D eigenvalue weighted by molar-refractivity contribution is 7.15. The summed E-state index contributed by atoms with van der Waals surface area (Å²) in [5.74, 6) is 1.30. The molecule has 1 aromatic heterocycles. The van der Waals surface area contributed by atoms with E-state index in [0.717, 1.165) is 28.7 Å². The molecule has 1 heterocycles. The van der Waals surface area contributed by atoms with Crippen LogP contribution in [0.15, 0.2) is 24.3 Å². The van der Waals surface area contributed by atoms with Gasteiger partial charge in [-0.1, -0.05) is 32.0 Å². The number of hydrogen-bond donors (Lipinski definition) is 1. The van der Waals surface area contributed by atoms with Crippen LogP contribution in [0.1, 0.15) is 35.9 Å². The molecule has 0 atom stereocenters. The van der Waals surface area contributed by atoms with Crippen LogP contribution in [-0.4, -0.2) is 19.1 Å². The molecule has 0 radical (unpaired) electrons. The van der Waals surface area contributed by atoms with Gasteiger partial charge in [0.25, 0.3) is 0 Å². The lowest BCUT2D eigenvalue weighted by molar-refractivity contribution is 0.409. The standard InChI is InChI=1S/C16H23N3OS/c1-11(2)15-14(9-17)21-16(18-15)19(3)10-12-7-5-6-8-13(12)20-4/h5-8,11H,9-10,17H2,1-4H3. The smallest absolute Gasteiger partial charge is 0.185 e. The van der Waals surface area contributed by atoms with Crippen molar-refractivity contribution in [1.82, 2.24) is 4.98 Å². The van der Waals surface area contributed by atoms with E-state index in [4.69, 9.17) is 15.5 Å². The van der Waals surface area contributed by atoms with Crippen molar-refractivity contribution in [3.8, 4) is 5.75 Å². The van der Waals surface area contributed by atoms with Gasteiger partial charge in [-0.05, 0) is 12.0 Å². The molecule has 0 aliphatic heterocycles. The van der Waals surface area contributed by atoms with Crippen LogP contribution >= 0.6 is 11.3 Å². The number of thiazole rings is 1. The van der Waals surface area contributed by atoms with Gasteiger partial charge in [0.1, 0.15) is 5.75 Å². The Morgan fingerprint density at radius 3 is 2.62 bits per heavy atom. The van der Waals surface area contributed by atoms with Crippen LogP contribution in [0.5, 0.6) is 5.75 Å². The second kappa shape index (κ2) is 6.91. The van der Waals surface area contributed by atoms with Crippen LogP contribution in [-0.2, 0) is 13.1 Å². The van der Waals surface area contributed by atoms with E-state index in [2.05, 4.69) is 31.9 Å². The number of para-hydroxylation sites is 1. The molecule has 4 nitrogen and oxygen atoms in total. The number of hydrogen-bond acceptors (Lipinski definition) is 5. The Kier molecular flexibility index (Phi) is 5.20. The molecule has 0 saturated carbocycles. The lowest BCUT2D eigenvalue weighted by Crippen LogP contribution is -2.16. The van der Waals surface area contributed by atoms with Gasteiger partial charge in [0.05, 0.1) is 12.8 Å². The quantitative estimate of drug-likeness (QED) is 0.889. The van der Waals surface area contributed by atoms with Gasteiger partial charge in [0.2, 0.25) is 0 Å². The Balaban J connectivity index is 2.22. The predicted molar refractivity (Wildman–Crippen MR) is 89.2 cm³/mol. The fourth-order valence-corrected chi connectivity index (χ4v) is 3.32. The summed E-state index contributed by atoms with van der Waals surface area (Å²) in [5.41, 5.74) is 8.10. The van der Waals surface area contributed by atoms with Gasteiger partial charge < -0.3 is 15.4 Å². The summed E-state index contributed by atoms with van der Waals surface area (Å²) >= 11 is 1.68. The van der Waals surface area contributed by atoms with Crippen molar-refractivity contribution in [3.63, 3.8) is 0 Å². The van der Waals surface area contributed by atoms with Crippen LogP contribution in [0.4, 0.5) is 5.13 Å². The monoisotopic (exact) mass is 305 g/mol. The first kappa shape index (κ1) is 15.8. The van der Waals surface area contributed by atoms with E-state index in [1.807, 2.05) is 18.2 Å². The third-order valence-corrected chi connectivity index (χ3v) is 4.58. The van der Waals surface area contributed by atoms with Gasteiger partial charge in [-0.25, -0.2) is 4.98 Å². The van der Waals surface area contributed by atoms with Gasteiger partial charge in [-0.3, -0.25) is 0 Å². The fourth-order valence-electron chi connectivity index (χ4n) is 2.27. The third kappa shape index (κ3) is 3.54. The molecule has 2 aromatic rings. The first-order valence-electron chi connectivity index (χ1n) is 7.09. The number of nitrogens with two attached hydrogens (primary N) is 1. The highest BCUT2D eigenvalue weighted by Crippen LogP contribution is 2.31. The Hall–Kier alpha value is -1.59. The van der Waals surface area contributed by atoms with E-state index in [-0.39, 0.29) is 0 Å². The fraction of sp³-hybridized carbons (Fsp3) is 0.438. The molecule has 21 heavy (non-hydrogen) atoms. The molecule has 2 N–H and O–H groups in total. The summed E-state index contributed by atoms with van der Waals surface area (Å²) in [6, 6.07) is 8.07. The van der Waals surface area contributed by atoms with Crippen molar-refractivity contribution >= 4 is 16.5 Å². The van der Waals surface area contributed by atoms with Crippen LogP contribution < -0.4 is 15.4 Å². The number of anilines is 1. The van der Waals surface area contributed by atoms with Gasteiger partial charge in [0.15, 0.2) is 5.13 Å². The Morgan fingerprint density at radius 2 is 2.05 bits per heavy atom. The normalized spacial score (nSPS) is 11.0. The van der Waals surface area contributed by atoms with Gasteiger partial charge in [-0.2, -0.15) is 0 Å². The summed E-state index contributed by atoms with van der Waals surface area (Å²) < 4.78 is 5.41. The molecule has 0 aliphatic carbocycles. The first-order valence-corrected chi connectivity index (χ1v) is 7.91. The van der Waals surface area contributed by atoms with E-state index in [9.17, 15) is 0 Å². The minimum atomic E-state index is 0.396. The molecular formula is C16H23N3OS. The zero-order valence-corrected chi connectivity index (χ0v) is 13.9. The maximum atomic E-state index is 5.83. The molecule has 114 valence electrons. The van der Waals surface area contributed by atoms with Crippen LogP contribution in [0.2, 0.25) is 0 Å². The average Bonchev–Trinajstić information content (AvgIpc) is 2.92. The van der Waals surface area contributed by atoms with Gasteiger partial charge in [-0.15, -0.1) is 11.3 Å². The van der Waals surface area contributed by atoms with Crippen LogP contribution in [0.3, 0.4) is 0 Å². The van der Waals surface area contributed by atoms with Crippen molar-refractivity contribution in [2.45, 2.75) is 32.9 Å². The maximum Gasteiger partial charge on any atom is 0.185 e. The zero-order chi connectivity index (χ0) is 15.4. The van der Waals surface area contributed by atoms with E-state index >= 15 is 0 Å². The largest absolute Gasteiger partial charge is 0.496 e. The molecule has 2 rings (SSSR count). The summed E-state index contributed by atoms with van der Waals surface area (Å²) in [5, 5.41) is 1.00. The first-order chi connectivity index (χ1) is 10.1. The second-order valence-electron chi connectivity index (χ2n) is 5.33.